The van der Waals surface area contributed by atoms with E-state index in [-0.39, 0.29) is 5.91 Å². The molecule has 2 aliphatic rings. The summed E-state index contributed by atoms with van der Waals surface area (Å²) in [6.07, 6.45) is 6.14. The van der Waals surface area contributed by atoms with Gasteiger partial charge in [0.15, 0.2) is 0 Å². The summed E-state index contributed by atoms with van der Waals surface area (Å²) in [5.41, 5.74) is 6.18. The number of hydrogen-bond acceptors (Lipinski definition) is 4. The van der Waals surface area contributed by atoms with Gasteiger partial charge in [-0.2, -0.15) is 0 Å². The molecular formula is C15H23N3OS. The number of hydrogen-bond donors (Lipinski definition) is 1. The number of aromatic nitrogens is 1. The zero-order valence-electron chi connectivity index (χ0n) is 12.0. The number of rotatable bonds is 2. The van der Waals surface area contributed by atoms with Gasteiger partial charge in [0.2, 0.25) is 0 Å². The first kappa shape index (κ1) is 14.0. The number of thiazole rings is 1. The monoisotopic (exact) mass is 293 g/mol. The van der Waals surface area contributed by atoms with Gasteiger partial charge in [0.25, 0.3) is 5.91 Å². The van der Waals surface area contributed by atoms with Gasteiger partial charge in [-0.1, -0.05) is 19.8 Å². The Labute approximate surface area is 124 Å². The van der Waals surface area contributed by atoms with Gasteiger partial charge in [0.05, 0.1) is 0 Å². The van der Waals surface area contributed by atoms with E-state index in [2.05, 4.69) is 16.8 Å². The van der Waals surface area contributed by atoms with Crippen molar-refractivity contribution in [3.05, 3.63) is 16.1 Å². The first-order valence-electron chi connectivity index (χ1n) is 7.66. The molecule has 1 aromatic heterocycles. The van der Waals surface area contributed by atoms with Crippen molar-refractivity contribution in [1.82, 2.24) is 9.88 Å². The summed E-state index contributed by atoms with van der Waals surface area (Å²) >= 11 is 1.49. The van der Waals surface area contributed by atoms with Gasteiger partial charge >= 0.3 is 0 Å². The molecule has 0 spiro atoms. The number of fused-ring (bicyclic) bond motifs is 1. The Kier molecular flexibility index (Phi) is 4.08. The number of carbonyl (C=O) groups is 1. The van der Waals surface area contributed by atoms with Gasteiger partial charge in [0, 0.05) is 24.5 Å². The third-order valence-electron chi connectivity index (χ3n) is 4.94. The van der Waals surface area contributed by atoms with Crippen LogP contribution in [0.5, 0.6) is 0 Å². The third kappa shape index (κ3) is 2.49. The van der Waals surface area contributed by atoms with Crippen LogP contribution >= 0.6 is 11.3 Å². The minimum absolute atomic E-state index is 0.116. The predicted molar refractivity (Wildman–Crippen MR) is 80.6 cm³/mol. The van der Waals surface area contributed by atoms with E-state index < -0.39 is 0 Å². The van der Waals surface area contributed by atoms with E-state index in [4.69, 9.17) is 5.73 Å². The molecule has 1 aliphatic carbocycles. The largest absolute Gasteiger partial charge is 0.334 e. The summed E-state index contributed by atoms with van der Waals surface area (Å²) in [5, 5.41) is 2.71. The van der Waals surface area contributed by atoms with Gasteiger partial charge in [-0.25, -0.2) is 4.98 Å². The highest BCUT2D eigenvalue weighted by Gasteiger charge is 2.39. The van der Waals surface area contributed by atoms with Crippen LogP contribution < -0.4 is 5.73 Å². The number of nitrogens with two attached hydrogens (primary N) is 1. The maximum atomic E-state index is 12.7. The smallest absolute Gasteiger partial charge is 0.273 e. The maximum Gasteiger partial charge on any atom is 0.273 e. The third-order valence-corrected chi connectivity index (χ3v) is 5.82. The van der Waals surface area contributed by atoms with Crippen molar-refractivity contribution in [1.29, 1.82) is 0 Å². The quantitative estimate of drug-likeness (QED) is 0.912. The van der Waals surface area contributed by atoms with Crippen LogP contribution in [0, 0.1) is 11.8 Å². The lowest BCUT2D eigenvalue weighted by atomic mass is 9.72. The fourth-order valence-corrected chi connectivity index (χ4v) is 4.46. The van der Waals surface area contributed by atoms with Crippen LogP contribution in [0.15, 0.2) is 5.38 Å². The molecule has 0 aromatic carbocycles. The molecule has 1 saturated heterocycles. The Hall–Kier alpha value is -0.940. The summed E-state index contributed by atoms with van der Waals surface area (Å²) in [7, 11) is 0. The molecule has 110 valence electrons. The van der Waals surface area contributed by atoms with Crippen LogP contribution in [0.2, 0.25) is 0 Å². The van der Waals surface area contributed by atoms with E-state index in [9.17, 15) is 4.79 Å². The van der Waals surface area contributed by atoms with E-state index in [1.165, 1.54) is 30.6 Å². The Morgan fingerprint density at radius 2 is 2.25 bits per heavy atom. The van der Waals surface area contributed by atoms with Crippen molar-refractivity contribution < 1.29 is 4.79 Å². The van der Waals surface area contributed by atoms with Crippen LogP contribution in [0.25, 0.3) is 0 Å². The normalized spacial score (nSPS) is 30.1. The standard InChI is InChI=1S/C15H23N3OS/c1-10-6-7-18(13-5-3-2-4-11(10)13)15(19)12-9-20-14(8-16)17-12/h9-11,13H,2-8,16H2,1H3. The highest BCUT2D eigenvalue weighted by molar-refractivity contribution is 7.09. The summed E-state index contributed by atoms with van der Waals surface area (Å²) in [6.45, 7) is 3.65. The molecule has 1 aliphatic heterocycles. The second kappa shape index (κ2) is 5.82. The molecule has 1 amide bonds. The Morgan fingerprint density at radius 1 is 1.45 bits per heavy atom. The van der Waals surface area contributed by atoms with Crippen molar-refractivity contribution >= 4 is 17.2 Å². The Bertz CT molecular complexity index is 487. The minimum atomic E-state index is 0.116. The molecular weight excluding hydrogens is 270 g/mol. The molecule has 3 atom stereocenters. The van der Waals surface area contributed by atoms with E-state index in [0.717, 1.165) is 30.3 Å². The maximum absolute atomic E-state index is 12.7. The molecule has 4 nitrogen and oxygen atoms in total. The second-order valence-corrected chi connectivity index (χ2v) is 7.05. The number of piperidine rings is 1. The lowest BCUT2D eigenvalue weighted by Gasteiger charge is -2.47. The fraction of sp³-hybridized carbons (Fsp3) is 0.733. The molecule has 20 heavy (non-hydrogen) atoms. The van der Waals surface area contributed by atoms with Gasteiger partial charge in [-0.15, -0.1) is 11.3 Å². The Morgan fingerprint density at radius 3 is 3.00 bits per heavy atom. The summed E-state index contributed by atoms with van der Waals surface area (Å²) < 4.78 is 0. The van der Waals surface area contributed by atoms with Crippen molar-refractivity contribution in [2.45, 2.75) is 51.6 Å². The zero-order valence-corrected chi connectivity index (χ0v) is 12.9. The molecule has 1 saturated carbocycles. The first-order valence-corrected chi connectivity index (χ1v) is 8.54. The van der Waals surface area contributed by atoms with Crippen LogP contribution in [0.3, 0.4) is 0 Å². The van der Waals surface area contributed by atoms with E-state index >= 15 is 0 Å². The molecule has 1 aromatic rings. The molecule has 3 rings (SSSR count). The van der Waals surface area contributed by atoms with E-state index in [1.54, 1.807) is 0 Å². The van der Waals surface area contributed by atoms with Crippen LogP contribution in [-0.4, -0.2) is 28.4 Å². The van der Waals surface area contributed by atoms with Crippen molar-refractivity contribution in [3.8, 4) is 0 Å². The minimum Gasteiger partial charge on any atom is -0.334 e. The Balaban J connectivity index is 1.79. The first-order chi connectivity index (χ1) is 9.70. The lowest BCUT2D eigenvalue weighted by Crippen LogP contribution is -2.52. The molecule has 0 bridgehead atoms. The number of nitrogens with zero attached hydrogens (tertiary/aromatic N) is 2. The molecule has 0 radical (unpaired) electrons. The lowest BCUT2D eigenvalue weighted by molar-refractivity contribution is 0.0213. The average Bonchev–Trinajstić information content (AvgIpc) is 2.96. The van der Waals surface area contributed by atoms with Gasteiger partial charge in [0.1, 0.15) is 10.7 Å². The molecule has 5 heteroatoms. The van der Waals surface area contributed by atoms with Crippen molar-refractivity contribution in [3.63, 3.8) is 0 Å². The fourth-order valence-electron chi connectivity index (χ4n) is 3.82. The predicted octanol–water partition coefficient (Wildman–Crippen LogP) is 2.64. The zero-order chi connectivity index (χ0) is 14.1. The summed E-state index contributed by atoms with van der Waals surface area (Å²) in [4.78, 5) is 19.2. The topological polar surface area (TPSA) is 59.2 Å². The van der Waals surface area contributed by atoms with Gasteiger partial charge in [-0.3, -0.25) is 4.79 Å². The second-order valence-electron chi connectivity index (χ2n) is 6.11. The van der Waals surface area contributed by atoms with Gasteiger partial charge in [-0.05, 0) is 31.1 Å². The molecule has 2 fully saturated rings. The molecule has 2 heterocycles. The van der Waals surface area contributed by atoms with Crippen LogP contribution in [0.4, 0.5) is 0 Å². The summed E-state index contributed by atoms with van der Waals surface area (Å²) in [5.74, 6) is 1.55. The molecule has 2 N–H and O–H groups in total. The number of likely N-dealkylation sites (tertiary alicyclic amines) is 1. The number of amides is 1. The van der Waals surface area contributed by atoms with Crippen molar-refractivity contribution in [2.24, 2.45) is 17.6 Å². The highest BCUT2D eigenvalue weighted by atomic mass is 32.1. The number of carbonyl (C=O) groups excluding carboxylic acids is 1. The highest BCUT2D eigenvalue weighted by Crippen LogP contribution is 2.39. The van der Waals surface area contributed by atoms with Gasteiger partial charge < -0.3 is 10.6 Å². The van der Waals surface area contributed by atoms with E-state index in [1.807, 2.05) is 5.38 Å². The summed E-state index contributed by atoms with van der Waals surface area (Å²) in [6, 6.07) is 0.433. The van der Waals surface area contributed by atoms with Crippen molar-refractivity contribution in [2.75, 3.05) is 6.54 Å². The van der Waals surface area contributed by atoms with Crippen LogP contribution in [0.1, 0.15) is 54.5 Å². The average molecular weight is 293 g/mol. The van der Waals surface area contributed by atoms with E-state index in [0.29, 0.717) is 24.2 Å². The SMILES string of the molecule is CC1CCN(C(=O)c2csc(CN)n2)C2CCCCC12. The van der Waals surface area contributed by atoms with Crippen LogP contribution in [-0.2, 0) is 6.54 Å². The molecule has 3 unspecified atom stereocenters.